The second-order valence-corrected chi connectivity index (χ2v) is 13.5. The molecule has 0 unspecified atom stereocenters. The Labute approximate surface area is 267 Å². The van der Waals surface area contributed by atoms with Crippen LogP contribution in [0.5, 0.6) is 0 Å². The minimum Gasteiger partial charge on any atom is -0.337 e. The maximum Gasteiger partial charge on any atom is 0.282 e. The maximum absolute atomic E-state index is 15.4. The van der Waals surface area contributed by atoms with E-state index in [9.17, 15) is 4.79 Å². The summed E-state index contributed by atoms with van der Waals surface area (Å²) in [5.41, 5.74) is 6.20. The van der Waals surface area contributed by atoms with Crippen LogP contribution in [0.2, 0.25) is 0 Å². The molecular formula is C37H38FN7O. The van der Waals surface area contributed by atoms with Gasteiger partial charge < -0.3 is 14.6 Å². The predicted octanol–water partition coefficient (Wildman–Crippen LogP) is 7.39. The molecule has 5 heterocycles. The summed E-state index contributed by atoms with van der Waals surface area (Å²) in [5.74, 6) is 0.747. The van der Waals surface area contributed by atoms with Crippen LogP contribution in [-0.2, 0) is 5.41 Å². The molecule has 1 saturated heterocycles. The number of aromatic nitrogens is 5. The first-order valence-corrected chi connectivity index (χ1v) is 15.8. The fourth-order valence-corrected chi connectivity index (χ4v) is 6.48. The van der Waals surface area contributed by atoms with E-state index in [2.05, 4.69) is 33.4 Å². The summed E-state index contributed by atoms with van der Waals surface area (Å²) in [5, 5.41) is 8.51. The third kappa shape index (κ3) is 5.45. The predicted molar refractivity (Wildman–Crippen MR) is 182 cm³/mol. The van der Waals surface area contributed by atoms with E-state index < -0.39 is 11.4 Å². The van der Waals surface area contributed by atoms with Crippen LogP contribution in [0.3, 0.4) is 0 Å². The lowest BCUT2D eigenvalue weighted by Crippen LogP contribution is -2.29. The van der Waals surface area contributed by atoms with E-state index in [1.807, 2.05) is 87.1 Å². The summed E-state index contributed by atoms with van der Waals surface area (Å²) >= 11 is 0. The van der Waals surface area contributed by atoms with E-state index in [-0.39, 0.29) is 10.8 Å². The number of piperidine rings is 1. The van der Waals surface area contributed by atoms with Crippen LogP contribution in [0, 0.1) is 12.7 Å². The molecule has 0 radical (unpaired) electrons. The molecule has 0 aliphatic carbocycles. The van der Waals surface area contributed by atoms with Crippen LogP contribution in [0.1, 0.15) is 56.2 Å². The highest BCUT2D eigenvalue weighted by Crippen LogP contribution is 2.33. The highest BCUT2D eigenvalue weighted by atomic mass is 19.1. The zero-order chi connectivity index (χ0) is 32.2. The first-order chi connectivity index (χ1) is 22.1. The Hall–Kier alpha value is -4.89. The number of imidazole rings is 1. The number of hydrogen-bond donors (Lipinski definition) is 1. The molecule has 1 fully saturated rings. The first kappa shape index (κ1) is 29.8. The second kappa shape index (κ2) is 11.5. The van der Waals surface area contributed by atoms with E-state index in [0.29, 0.717) is 17.0 Å². The molecule has 0 atom stereocenters. The van der Waals surface area contributed by atoms with Crippen molar-refractivity contribution in [2.75, 3.05) is 25.5 Å². The van der Waals surface area contributed by atoms with Crippen molar-refractivity contribution in [2.24, 2.45) is 0 Å². The van der Waals surface area contributed by atoms with Crippen molar-refractivity contribution in [3.05, 3.63) is 112 Å². The van der Waals surface area contributed by atoms with Gasteiger partial charge in [-0.25, -0.2) is 14.4 Å². The second-order valence-electron chi connectivity index (χ2n) is 13.5. The minimum absolute atomic E-state index is 0.0356. The molecule has 6 aromatic rings. The zero-order valence-electron chi connectivity index (χ0n) is 26.9. The molecule has 0 amide bonds. The standard InChI is InChI=1S/C37H38FN7O/c1-23-29(7-6-8-32(23)45-36(46)34-26(21-41-45)17-28(19-30(34)38)37(2,3)4)27-18-31(35-39-13-16-44(35)22-27)42-33-10-9-25(20-40-33)24-11-14-43(5)15-12-24/h6-10,13,16-22,24H,11-12,14-15H2,1-5H3,(H,40,42). The van der Waals surface area contributed by atoms with Gasteiger partial charge >= 0.3 is 0 Å². The monoisotopic (exact) mass is 615 g/mol. The van der Waals surface area contributed by atoms with Gasteiger partial charge in [0.1, 0.15) is 11.6 Å². The number of rotatable bonds is 5. The van der Waals surface area contributed by atoms with Crippen LogP contribution >= 0.6 is 0 Å². The van der Waals surface area contributed by atoms with Gasteiger partial charge in [-0.3, -0.25) is 4.79 Å². The van der Waals surface area contributed by atoms with Gasteiger partial charge in [0.2, 0.25) is 0 Å². The van der Waals surface area contributed by atoms with Crippen LogP contribution in [0.25, 0.3) is 33.2 Å². The number of nitrogens with one attached hydrogen (secondary N) is 1. The Bertz CT molecular complexity index is 2140. The summed E-state index contributed by atoms with van der Waals surface area (Å²) in [4.78, 5) is 25.4. The normalized spacial score (nSPS) is 14.7. The molecule has 4 aromatic heterocycles. The van der Waals surface area contributed by atoms with Crippen molar-refractivity contribution in [2.45, 2.75) is 51.9 Å². The number of fused-ring (bicyclic) bond motifs is 2. The number of pyridine rings is 2. The number of likely N-dealkylation sites (tertiary alicyclic amines) is 1. The molecule has 234 valence electrons. The summed E-state index contributed by atoms with van der Waals surface area (Å²) in [7, 11) is 2.17. The average Bonchev–Trinajstić information content (AvgIpc) is 3.51. The Morgan fingerprint density at radius 3 is 2.54 bits per heavy atom. The van der Waals surface area contributed by atoms with Crippen LogP contribution in [-0.4, -0.2) is 49.2 Å². The summed E-state index contributed by atoms with van der Waals surface area (Å²) in [6.07, 6.45) is 11.5. The largest absolute Gasteiger partial charge is 0.337 e. The van der Waals surface area contributed by atoms with Gasteiger partial charge in [-0.05, 0) is 104 Å². The zero-order valence-corrected chi connectivity index (χ0v) is 26.9. The Morgan fingerprint density at radius 2 is 1.80 bits per heavy atom. The fourth-order valence-electron chi connectivity index (χ4n) is 6.48. The van der Waals surface area contributed by atoms with Crippen molar-refractivity contribution >= 4 is 27.9 Å². The van der Waals surface area contributed by atoms with Crippen LogP contribution < -0.4 is 10.9 Å². The maximum atomic E-state index is 15.4. The molecule has 8 nitrogen and oxygen atoms in total. The van der Waals surface area contributed by atoms with Crippen molar-refractivity contribution in [1.29, 1.82) is 0 Å². The van der Waals surface area contributed by atoms with Crippen molar-refractivity contribution in [3.63, 3.8) is 0 Å². The van der Waals surface area contributed by atoms with E-state index in [4.69, 9.17) is 4.98 Å². The highest BCUT2D eigenvalue weighted by molar-refractivity contribution is 5.84. The van der Waals surface area contributed by atoms with Crippen LogP contribution in [0.15, 0.2) is 84.3 Å². The highest BCUT2D eigenvalue weighted by Gasteiger charge is 2.21. The molecule has 0 bridgehead atoms. The number of nitrogens with zero attached hydrogens (tertiary/aromatic N) is 6. The fraction of sp³-hybridized carbons (Fsp3) is 0.297. The third-order valence-electron chi connectivity index (χ3n) is 9.28. The van der Waals surface area contributed by atoms with E-state index in [0.717, 1.165) is 65.3 Å². The molecule has 0 spiro atoms. The van der Waals surface area contributed by atoms with Gasteiger partial charge in [-0.1, -0.05) is 39.0 Å². The topological polar surface area (TPSA) is 80.3 Å². The summed E-state index contributed by atoms with van der Waals surface area (Å²) < 4.78 is 18.7. The van der Waals surface area contributed by atoms with Crippen molar-refractivity contribution in [3.8, 4) is 16.8 Å². The van der Waals surface area contributed by atoms with Gasteiger partial charge in [-0.15, -0.1) is 0 Å². The number of benzene rings is 2. The Balaban J connectivity index is 1.24. The molecule has 7 rings (SSSR count). The van der Waals surface area contributed by atoms with Gasteiger partial charge in [0.25, 0.3) is 5.56 Å². The van der Waals surface area contributed by atoms with Crippen LogP contribution in [0.4, 0.5) is 15.9 Å². The lowest BCUT2D eigenvalue weighted by Gasteiger charge is -2.29. The molecule has 1 N–H and O–H groups in total. The number of anilines is 2. The third-order valence-corrected chi connectivity index (χ3v) is 9.28. The van der Waals surface area contributed by atoms with Gasteiger partial charge in [0, 0.05) is 35.7 Å². The lowest BCUT2D eigenvalue weighted by molar-refractivity contribution is 0.255. The smallest absolute Gasteiger partial charge is 0.282 e. The summed E-state index contributed by atoms with van der Waals surface area (Å²) in [6.45, 7) is 10.2. The molecule has 2 aromatic carbocycles. The molecule has 1 aliphatic heterocycles. The van der Waals surface area contributed by atoms with E-state index in [1.165, 1.54) is 16.3 Å². The van der Waals surface area contributed by atoms with Crippen molar-refractivity contribution < 1.29 is 4.39 Å². The molecular weight excluding hydrogens is 577 g/mol. The Morgan fingerprint density at radius 1 is 1.00 bits per heavy atom. The number of halogens is 1. The van der Waals surface area contributed by atoms with Gasteiger partial charge in [-0.2, -0.15) is 9.78 Å². The van der Waals surface area contributed by atoms with Crippen molar-refractivity contribution in [1.82, 2.24) is 29.0 Å². The summed E-state index contributed by atoms with van der Waals surface area (Å²) in [6, 6.07) is 15.3. The molecule has 1 aliphatic rings. The average molecular weight is 616 g/mol. The quantitative estimate of drug-likeness (QED) is 0.218. The minimum atomic E-state index is -0.536. The first-order valence-electron chi connectivity index (χ1n) is 15.8. The van der Waals surface area contributed by atoms with E-state index in [1.54, 1.807) is 12.4 Å². The molecule has 9 heteroatoms. The number of hydrogen-bond acceptors (Lipinski definition) is 6. The van der Waals surface area contributed by atoms with Gasteiger partial charge in [0.05, 0.1) is 23.0 Å². The Kier molecular flexibility index (Phi) is 7.44. The van der Waals surface area contributed by atoms with E-state index >= 15 is 4.39 Å². The molecule has 0 saturated carbocycles. The SMILES string of the molecule is Cc1c(-c2cc(Nc3ccc(C4CCN(C)CC4)cn3)c3nccn3c2)cccc1-n1ncc2cc(C(C)(C)C)cc(F)c2c1=O. The molecule has 46 heavy (non-hydrogen) atoms. The van der Waals surface area contributed by atoms with Gasteiger partial charge in [0.15, 0.2) is 5.65 Å². The lowest BCUT2D eigenvalue weighted by atomic mass is 9.86.